The highest BCUT2D eigenvalue weighted by Gasteiger charge is 2.34. The topological polar surface area (TPSA) is 65.0 Å². The molecule has 5 nitrogen and oxygen atoms in total. The Labute approximate surface area is 98.9 Å². The van der Waals surface area contributed by atoms with Crippen molar-refractivity contribution < 1.29 is 24.1 Å². The largest absolute Gasteiger partial charge is 0.497 e. The van der Waals surface area contributed by atoms with Gasteiger partial charge in [0.15, 0.2) is 6.10 Å². The first kappa shape index (κ1) is 11.7. The van der Waals surface area contributed by atoms with Crippen LogP contribution in [0.15, 0.2) is 18.2 Å². The van der Waals surface area contributed by atoms with Crippen LogP contribution in [-0.4, -0.2) is 31.4 Å². The van der Waals surface area contributed by atoms with E-state index in [1.54, 1.807) is 18.2 Å². The molecular weight excluding hydrogens is 224 g/mol. The maximum absolute atomic E-state index is 11.1. The molecule has 1 fully saturated rings. The van der Waals surface area contributed by atoms with E-state index in [2.05, 4.69) is 0 Å². The maximum Gasteiger partial charge on any atom is 0.309 e. The van der Waals surface area contributed by atoms with E-state index in [0.717, 1.165) is 0 Å². The van der Waals surface area contributed by atoms with Crippen LogP contribution < -0.4 is 9.47 Å². The van der Waals surface area contributed by atoms with Crippen molar-refractivity contribution in [3.05, 3.63) is 23.8 Å². The molecule has 1 saturated heterocycles. The summed E-state index contributed by atoms with van der Waals surface area (Å²) in [5.41, 5.74) is 0.666. The molecule has 0 bridgehead atoms. The lowest BCUT2D eigenvalue weighted by molar-refractivity contribution is -0.142. The van der Waals surface area contributed by atoms with Crippen LogP contribution >= 0.6 is 0 Å². The van der Waals surface area contributed by atoms with E-state index in [9.17, 15) is 9.90 Å². The average Bonchev–Trinajstić information content (AvgIpc) is 2.67. The number of hydrogen-bond acceptors (Lipinski definition) is 5. The number of aliphatic hydroxyl groups is 1. The van der Waals surface area contributed by atoms with Gasteiger partial charge in [0, 0.05) is 11.6 Å². The molecule has 0 radical (unpaired) electrons. The summed E-state index contributed by atoms with van der Waals surface area (Å²) < 4.78 is 15.3. The van der Waals surface area contributed by atoms with Gasteiger partial charge in [-0.25, -0.2) is 0 Å². The average molecular weight is 238 g/mol. The highest BCUT2D eigenvalue weighted by molar-refractivity contribution is 5.73. The van der Waals surface area contributed by atoms with Crippen LogP contribution in [0.25, 0.3) is 0 Å². The molecule has 1 N–H and O–H groups in total. The molecule has 0 unspecified atom stereocenters. The van der Waals surface area contributed by atoms with E-state index in [-0.39, 0.29) is 6.42 Å². The molecule has 92 valence electrons. The molecule has 1 aromatic rings. The van der Waals surface area contributed by atoms with Crippen molar-refractivity contribution in [1.82, 2.24) is 0 Å². The molecule has 0 aliphatic carbocycles. The second-order valence-electron chi connectivity index (χ2n) is 3.83. The Morgan fingerprint density at radius 1 is 1.24 bits per heavy atom. The minimum absolute atomic E-state index is 0.0180. The molecule has 0 amide bonds. The third-order valence-corrected chi connectivity index (χ3v) is 2.69. The van der Waals surface area contributed by atoms with Gasteiger partial charge in [-0.3, -0.25) is 4.79 Å². The van der Waals surface area contributed by atoms with Gasteiger partial charge in [-0.1, -0.05) is 0 Å². The summed E-state index contributed by atoms with van der Waals surface area (Å²) >= 11 is 0. The molecule has 0 saturated carbocycles. The van der Waals surface area contributed by atoms with Gasteiger partial charge in [0.1, 0.15) is 17.6 Å². The summed E-state index contributed by atoms with van der Waals surface area (Å²) in [4.78, 5) is 11.1. The Balaban J connectivity index is 2.34. The van der Waals surface area contributed by atoms with Crippen molar-refractivity contribution in [2.45, 2.75) is 18.6 Å². The van der Waals surface area contributed by atoms with Gasteiger partial charge in [0.2, 0.25) is 0 Å². The molecule has 2 rings (SSSR count). The van der Waals surface area contributed by atoms with Crippen LogP contribution in [0, 0.1) is 0 Å². The van der Waals surface area contributed by atoms with E-state index >= 15 is 0 Å². The lowest BCUT2D eigenvalue weighted by Gasteiger charge is -2.15. The Bertz CT molecular complexity index is 407. The summed E-state index contributed by atoms with van der Waals surface area (Å²) in [6.07, 6.45) is -1.45. The minimum atomic E-state index is -0.820. The predicted octanol–water partition coefficient (Wildman–Crippen LogP) is 1.05. The van der Waals surface area contributed by atoms with Gasteiger partial charge >= 0.3 is 5.97 Å². The molecule has 1 heterocycles. The molecule has 1 aliphatic rings. The van der Waals surface area contributed by atoms with Gasteiger partial charge in [0.05, 0.1) is 20.6 Å². The number of esters is 1. The number of carbonyl (C=O) groups is 1. The van der Waals surface area contributed by atoms with E-state index in [1.165, 1.54) is 14.2 Å². The predicted molar refractivity (Wildman–Crippen MR) is 59.0 cm³/mol. The van der Waals surface area contributed by atoms with Crippen LogP contribution in [0.1, 0.15) is 18.1 Å². The minimum Gasteiger partial charge on any atom is -0.497 e. The molecule has 1 aliphatic heterocycles. The number of hydrogen-bond donors (Lipinski definition) is 1. The van der Waals surface area contributed by atoms with Gasteiger partial charge < -0.3 is 19.3 Å². The fourth-order valence-corrected chi connectivity index (χ4v) is 1.83. The van der Waals surface area contributed by atoms with E-state index in [0.29, 0.717) is 17.1 Å². The molecule has 0 aromatic heterocycles. The standard InChI is InChI=1S/C12H14O5/c1-15-8-3-7(4-9(5-8)16-2)12-10(13)6-11(14)17-12/h3-5,10,12-13H,6H2,1-2H3/t10-,12-/m1/s1. The van der Waals surface area contributed by atoms with Gasteiger partial charge in [-0.15, -0.1) is 0 Å². The lowest BCUT2D eigenvalue weighted by Crippen LogP contribution is -2.12. The second-order valence-corrected chi connectivity index (χ2v) is 3.83. The molecular formula is C12H14O5. The first-order valence-electron chi connectivity index (χ1n) is 5.24. The van der Waals surface area contributed by atoms with Crippen LogP contribution in [0.4, 0.5) is 0 Å². The van der Waals surface area contributed by atoms with Crippen molar-refractivity contribution in [2.24, 2.45) is 0 Å². The van der Waals surface area contributed by atoms with Crippen molar-refractivity contribution >= 4 is 5.97 Å². The van der Waals surface area contributed by atoms with Crippen LogP contribution in [0.2, 0.25) is 0 Å². The van der Waals surface area contributed by atoms with Crippen molar-refractivity contribution in [3.63, 3.8) is 0 Å². The molecule has 17 heavy (non-hydrogen) atoms. The monoisotopic (exact) mass is 238 g/mol. The van der Waals surface area contributed by atoms with Crippen molar-refractivity contribution in [2.75, 3.05) is 14.2 Å². The lowest BCUT2D eigenvalue weighted by atomic mass is 10.0. The Morgan fingerprint density at radius 3 is 2.24 bits per heavy atom. The molecule has 1 aromatic carbocycles. The first-order chi connectivity index (χ1) is 8.13. The molecule has 5 heteroatoms. The van der Waals surface area contributed by atoms with Gasteiger partial charge in [0.25, 0.3) is 0 Å². The third kappa shape index (κ3) is 2.34. The van der Waals surface area contributed by atoms with Gasteiger partial charge in [-0.2, -0.15) is 0 Å². The van der Waals surface area contributed by atoms with Crippen molar-refractivity contribution in [1.29, 1.82) is 0 Å². The summed E-state index contributed by atoms with van der Waals surface area (Å²) in [7, 11) is 3.07. The summed E-state index contributed by atoms with van der Waals surface area (Å²) in [5.74, 6) is 0.785. The summed E-state index contributed by atoms with van der Waals surface area (Å²) in [5, 5.41) is 9.71. The second kappa shape index (κ2) is 4.63. The number of ether oxygens (including phenoxy) is 3. The molecule has 0 spiro atoms. The maximum atomic E-state index is 11.1. The zero-order valence-corrected chi connectivity index (χ0v) is 9.67. The Kier molecular flexibility index (Phi) is 3.19. The number of carbonyl (C=O) groups excluding carboxylic acids is 1. The van der Waals surface area contributed by atoms with Crippen molar-refractivity contribution in [3.8, 4) is 11.5 Å². The van der Waals surface area contributed by atoms with E-state index in [4.69, 9.17) is 14.2 Å². The Morgan fingerprint density at radius 2 is 1.82 bits per heavy atom. The van der Waals surface area contributed by atoms with Gasteiger partial charge in [-0.05, 0) is 12.1 Å². The number of rotatable bonds is 3. The SMILES string of the molecule is COc1cc(OC)cc([C@H]2OC(=O)C[C@H]2O)c1. The van der Waals surface area contributed by atoms with Crippen LogP contribution in [-0.2, 0) is 9.53 Å². The Hall–Kier alpha value is -1.75. The zero-order chi connectivity index (χ0) is 12.4. The highest BCUT2D eigenvalue weighted by atomic mass is 16.6. The molecule has 2 atom stereocenters. The fraction of sp³-hybridized carbons (Fsp3) is 0.417. The normalized spacial score (nSPS) is 23.4. The smallest absolute Gasteiger partial charge is 0.309 e. The number of methoxy groups -OCH3 is 2. The van der Waals surface area contributed by atoms with E-state index in [1.807, 2.05) is 0 Å². The first-order valence-corrected chi connectivity index (χ1v) is 5.24. The summed E-state index contributed by atoms with van der Waals surface area (Å²) in [6.45, 7) is 0. The fourth-order valence-electron chi connectivity index (χ4n) is 1.83. The number of benzene rings is 1. The number of cyclic esters (lactones) is 1. The van der Waals surface area contributed by atoms with Crippen LogP contribution in [0.5, 0.6) is 11.5 Å². The number of aliphatic hydroxyl groups excluding tert-OH is 1. The van der Waals surface area contributed by atoms with E-state index < -0.39 is 18.2 Å². The van der Waals surface area contributed by atoms with Crippen LogP contribution in [0.3, 0.4) is 0 Å². The quantitative estimate of drug-likeness (QED) is 0.797. The third-order valence-electron chi connectivity index (χ3n) is 2.69. The summed E-state index contributed by atoms with van der Waals surface area (Å²) in [6, 6.07) is 5.15. The zero-order valence-electron chi connectivity index (χ0n) is 9.67. The highest BCUT2D eigenvalue weighted by Crippen LogP contribution is 2.34.